The SMILES string of the molecule is CC(C)Oc1cc(Nc2nc(N[C@@H](C)c3ccccn3)ccc2[N+](=O)[O-])[nH]n1. The van der Waals surface area contributed by atoms with Crippen LogP contribution >= 0.6 is 0 Å². The van der Waals surface area contributed by atoms with E-state index in [1.54, 1.807) is 18.3 Å². The number of nitro groups is 1. The van der Waals surface area contributed by atoms with Gasteiger partial charge in [0.2, 0.25) is 11.7 Å². The molecule has 10 nitrogen and oxygen atoms in total. The molecule has 0 aliphatic heterocycles. The molecule has 3 N–H and O–H groups in total. The third-order valence-electron chi connectivity index (χ3n) is 3.73. The minimum absolute atomic E-state index is 0.0378. The first kappa shape index (κ1) is 19.1. The van der Waals surface area contributed by atoms with Crippen molar-refractivity contribution in [2.45, 2.75) is 32.9 Å². The molecule has 0 fully saturated rings. The number of pyridine rings is 2. The Labute approximate surface area is 161 Å². The number of hydrogen-bond donors (Lipinski definition) is 3. The zero-order chi connectivity index (χ0) is 20.1. The zero-order valence-electron chi connectivity index (χ0n) is 15.7. The number of hydrogen-bond acceptors (Lipinski definition) is 8. The van der Waals surface area contributed by atoms with E-state index < -0.39 is 4.92 Å². The highest BCUT2D eigenvalue weighted by atomic mass is 16.6. The van der Waals surface area contributed by atoms with Crippen molar-refractivity contribution >= 4 is 23.1 Å². The largest absolute Gasteiger partial charge is 0.474 e. The van der Waals surface area contributed by atoms with Crippen molar-refractivity contribution in [2.75, 3.05) is 10.6 Å². The average molecular weight is 383 g/mol. The van der Waals surface area contributed by atoms with E-state index in [9.17, 15) is 10.1 Å². The summed E-state index contributed by atoms with van der Waals surface area (Å²) >= 11 is 0. The molecule has 0 aliphatic rings. The van der Waals surface area contributed by atoms with Gasteiger partial charge in [-0.1, -0.05) is 6.07 Å². The highest BCUT2D eigenvalue weighted by Crippen LogP contribution is 2.28. The number of H-pyrrole nitrogens is 1. The Hall–Kier alpha value is -3.69. The van der Waals surface area contributed by atoms with Crippen molar-refractivity contribution in [3.8, 4) is 5.88 Å². The summed E-state index contributed by atoms with van der Waals surface area (Å²) in [4.78, 5) is 19.5. The van der Waals surface area contributed by atoms with Gasteiger partial charge in [0.1, 0.15) is 11.6 Å². The maximum absolute atomic E-state index is 11.4. The van der Waals surface area contributed by atoms with Crippen LogP contribution in [0.15, 0.2) is 42.6 Å². The number of rotatable bonds is 8. The minimum Gasteiger partial charge on any atom is -0.474 e. The number of anilines is 3. The fraction of sp³-hybridized carbons (Fsp3) is 0.278. The Bertz CT molecular complexity index is 943. The van der Waals surface area contributed by atoms with E-state index in [2.05, 4.69) is 30.8 Å². The quantitative estimate of drug-likeness (QED) is 0.395. The van der Waals surface area contributed by atoms with Gasteiger partial charge in [-0.05, 0) is 39.0 Å². The molecule has 3 rings (SSSR count). The molecule has 0 aliphatic carbocycles. The molecule has 3 aromatic rings. The molecule has 0 saturated carbocycles. The Morgan fingerprint density at radius 2 is 2.04 bits per heavy atom. The summed E-state index contributed by atoms with van der Waals surface area (Å²) in [6, 6.07) is 10.1. The van der Waals surface area contributed by atoms with Gasteiger partial charge >= 0.3 is 5.69 Å². The smallest absolute Gasteiger partial charge is 0.311 e. The summed E-state index contributed by atoms with van der Waals surface area (Å²) < 4.78 is 5.48. The van der Waals surface area contributed by atoms with E-state index in [1.807, 2.05) is 39.0 Å². The lowest BCUT2D eigenvalue weighted by molar-refractivity contribution is -0.384. The Kier molecular flexibility index (Phi) is 5.68. The second kappa shape index (κ2) is 8.33. The van der Waals surface area contributed by atoms with Crippen LogP contribution in [0.2, 0.25) is 0 Å². The van der Waals surface area contributed by atoms with Gasteiger partial charge in [0.15, 0.2) is 0 Å². The third-order valence-corrected chi connectivity index (χ3v) is 3.73. The first-order valence-corrected chi connectivity index (χ1v) is 8.74. The monoisotopic (exact) mass is 383 g/mol. The summed E-state index contributed by atoms with van der Waals surface area (Å²) in [5.41, 5.74) is 0.679. The standard InChI is InChI=1S/C18H21N7O3/c1-11(2)28-17-10-16(23-24-17)22-18-14(25(26)27)7-8-15(21-18)20-12(3)13-6-4-5-9-19-13/h4-12H,1-3H3,(H3,20,21,22,23,24)/t12-/m0/s1. The second-order valence-electron chi connectivity index (χ2n) is 6.35. The van der Waals surface area contributed by atoms with Crippen LogP contribution in [0.3, 0.4) is 0 Å². The van der Waals surface area contributed by atoms with Crippen LogP contribution in [0.25, 0.3) is 0 Å². The number of nitrogens with zero attached hydrogens (tertiary/aromatic N) is 4. The maximum atomic E-state index is 11.4. The van der Waals surface area contributed by atoms with Gasteiger partial charge < -0.3 is 15.4 Å². The molecular weight excluding hydrogens is 362 g/mol. The highest BCUT2D eigenvalue weighted by molar-refractivity contribution is 5.66. The Morgan fingerprint density at radius 1 is 1.21 bits per heavy atom. The van der Waals surface area contributed by atoms with Crippen molar-refractivity contribution in [1.29, 1.82) is 0 Å². The molecule has 0 amide bonds. The molecule has 3 heterocycles. The Morgan fingerprint density at radius 3 is 2.71 bits per heavy atom. The predicted molar refractivity (Wildman–Crippen MR) is 105 cm³/mol. The van der Waals surface area contributed by atoms with E-state index in [1.165, 1.54) is 6.07 Å². The van der Waals surface area contributed by atoms with Gasteiger partial charge in [-0.15, -0.1) is 5.10 Å². The number of ether oxygens (including phenoxy) is 1. The third kappa shape index (κ3) is 4.72. The normalized spacial score (nSPS) is 11.9. The second-order valence-corrected chi connectivity index (χ2v) is 6.35. The zero-order valence-corrected chi connectivity index (χ0v) is 15.7. The molecule has 0 bridgehead atoms. The minimum atomic E-state index is -0.497. The van der Waals surface area contributed by atoms with Crippen LogP contribution in [-0.2, 0) is 0 Å². The molecule has 0 saturated heterocycles. The topological polar surface area (TPSA) is 131 Å². The molecule has 0 unspecified atom stereocenters. The molecule has 0 radical (unpaired) electrons. The van der Waals surface area contributed by atoms with Crippen LogP contribution in [0.5, 0.6) is 5.88 Å². The molecule has 1 atom stereocenters. The van der Waals surface area contributed by atoms with Gasteiger partial charge in [-0.25, -0.2) is 4.98 Å². The lowest BCUT2D eigenvalue weighted by Gasteiger charge is -2.14. The van der Waals surface area contributed by atoms with Crippen molar-refractivity contribution in [3.05, 3.63) is 58.4 Å². The van der Waals surface area contributed by atoms with Crippen LogP contribution in [-0.4, -0.2) is 31.2 Å². The molecule has 0 aromatic carbocycles. The van der Waals surface area contributed by atoms with E-state index in [0.29, 0.717) is 17.5 Å². The average Bonchev–Trinajstić information content (AvgIpc) is 3.08. The van der Waals surface area contributed by atoms with Crippen molar-refractivity contribution in [2.24, 2.45) is 0 Å². The van der Waals surface area contributed by atoms with Crippen LogP contribution in [0.1, 0.15) is 32.5 Å². The molecule has 3 aromatic heterocycles. The molecule has 10 heteroatoms. The summed E-state index contributed by atoms with van der Waals surface area (Å²) in [5, 5.41) is 24.2. The number of nitrogens with one attached hydrogen (secondary N) is 3. The molecule has 146 valence electrons. The summed E-state index contributed by atoms with van der Waals surface area (Å²) in [6.07, 6.45) is 1.67. The molecule has 28 heavy (non-hydrogen) atoms. The summed E-state index contributed by atoms with van der Waals surface area (Å²) in [6.45, 7) is 5.70. The van der Waals surface area contributed by atoms with Gasteiger partial charge in [-0.2, -0.15) is 0 Å². The van der Waals surface area contributed by atoms with E-state index in [4.69, 9.17) is 4.74 Å². The van der Waals surface area contributed by atoms with Crippen molar-refractivity contribution < 1.29 is 9.66 Å². The van der Waals surface area contributed by atoms with Crippen LogP contribution in [0.4, 0.5) is 23.1 Å². The maximum Gasteiger partial charge on any atom is 0.311 e. The number of aromatic nitrogens is 4. The van der Waals surface area contributed by atoms with Gasteiger partial charge in [0.05, 0.1) is 22.8 Å². The number of aromatic amines is 1. The van der Waals surface area contributed by atoms with Crippen LogP contribution in [0, 0.1) is 10.1 Å². The Balaban J connectivity index is 1.81. The van der Waals surface area contributed by atoms with E-state index in [-0.39, 0.29) is 23.7 Å². The lowest BCUT2D eigenvalue weighted by Crippen LogP contribution is -2.10. The summed E-state index contributed by atoms with van der Waals surface area (Å²) in [7, 11) is 0. The fourth-order valence-electron chi connectivity index (χ4n) is 2.50. The molecular formula is C18H21N7O3. The van der Waals surface area contributed by atoms with Gasteiger partial charge in [-0.3, -0.25) is 20.2 Å². The predicted octanol–water partition coefficient (Wildman–Crippen LogP) is 3.81. The molecule has 0 spiro atoms. The highest BCUT2D eigenvalue weighted by Gasteiger charge is 2.18. The van der Waals surface area contributed by atoms with Gasteiger partial charge in [0, 0.05) is 18.3 Å². The first-order valence-electron chi connectivity index (χ1n) is 8.74. The van der Waals surface area contributed by atoms with E-state index >= 15 is 0 Å². The van der Waals surface area contributed by atoms with Crippen LogP contribution < -0.4 is 15.4 Å². The first-order chi connectivity index (χ1) is 13.4. The fourth-order valence-corrected chi connectivity index (χ4v) is 2.50. The van der Waals surface area contributed by atoms with Gasteiger partial charge in [0.25, 0.3) is 0 Å². The van der Waals surface area contributed by atoms with Crippen molar-refractivity contribution in [1.82, 2.24) is 20.2 Å². The summed E-state index contributed by atoms with van der Waals surface area (Å²) in [5.74, 6) is 1.38. The van der Waals surface area contributed by atoms with Crippen molar-refractivity contribution in [3.63, 3.8) is 0 Å². The lowest BCUT2D eigenvalue weighted by atomic mass is 10.2. The van der Waals surface area contributed by atoms with E-state index in [0.717, 1.165) is 5.69 Å².